The van der Waals surface area contributed by atoms with Gasteiger partial charge in [-0.2, -0.15) is 26.3 Å². The molecule has 0 aliphatic carbocycles. The number of carbonyl (C=O) groups is 2. The SMILES string of the molecule is CS(=O)(=O)Nc1cccc(-c2nc(-c3ccccc3)[nH]c2-c2ccncc2)c1.O=C(O)C(F)(F)F.O=C(O)C(F)(F)F. The fraction of sp³-hybridized carbons (Fsp3) is 0.120. The van der Waals surface area contributed by atoms with Gasteiger partial charge >= 0.3 is 24.3 Å². The van der Waals surface area contributed by atoms with Crippen LogP contribution in [0.15, 0.2) is 79.1 Å². The van der Waals surface area contributed by atoms with Crippen molar-refractivity contribution in [2.24, 2.45) is 0 Å². The zero-order chi connectivity index (χ0) is 31.7. The number of benzene rings is 2. The third kappa shape index (κ3) is 10.6. The number of aromatic nitrogens is 3. The molecular formula is C25H20F6N4O6S. The first kappa shape index (κ1) is 33.3. The summed E-state index contributed by atoms with van der Waals surface area (Å²) in [5.74, 6) is -4.77. The Morgan fingerprint density at radius 3 is 1.76 bits per heavy atom. The quantitative estimate of drug-likeness (QED) is 0.215. The van der Waals surface area contributed by atoms with Crippen molar-refractivity contribution in [3.05, 3.63) is 79.1 Å². The molecule has 17 heteroatoms. The third-order valence-electron chi connectivity index (χ3n) is 4.64. The summed E-state index contributed by atoms with van der Waals surface area (Å²) in [5, 5.41) is 14.2. The number of rotatable bonds is 5. The van der Waals surface area contributed by atoms with Crippen molar-refractivity contribution < 1.29 is 54.6 Å². The van der Waals surface area contributed by atoms with Crippen LogP contribution in [0.4, 0.5) is 32.0 Å². The standard InChI is InChI=1S/C21H18N4O2S.2C2HF3O2/c1-28(26,27)25-18-9-5-8-17(14-18)20-19(15-10-12-22-13-11-15)23-21(24-20)16-6-3-2-4-7-16;2*3-2(4,5)1(6)7/h2-14,25H,1H3,(H,23,24);2*(H,6,7). The van der Waals surface area contributed by atoms with Crippen LogP contribution in [0.25, 0.3) is 33.9 Å². The van der Waals surface area contributed by atoms with Crippen LogP contribution in [-0.2, 0) is 19.6 Å². The number of imidazole rings is 1. The van der Waals surface area contributed by atoms with Gasteiger partial charge < -0.3 is 15.2 Å². The van der Waals surface area contributed by atoms with E-state index in [9.17, 15) is 34.8 Å². The number of nitrogens with one attached hydrogen (secondary N) is 2. The van der Waals surface area contributed by atoms with Gasteiger partial charge in [0.15, 0.2) is 0 Å². The zero-order valence-electron chi connectivity index (χ0n) is 21.1. The molecule has 2 heterocycles. The monoisotopic (exact) mass is 618 g/mol. The Labute approximate surface area is 233 Å². The van der Waals surface area contributed by atoms with E-state index in [1.807, 2.05) is 48.5 Å². The minimum atomic E-state index is -5.08. The molecule has 42 heavy (non-hydrogen) atoms. The Morgan fingerprint density at radius 1 is 0.786 bits per heavy atom. The van der Waals surface area contributed by atoms with Crippen LogP contribution in [0.3, 0.4) is 0 Å². The van der Waals surface area contributed by atoms with Gasteiger partial charge in [0.1, 0.15) is 5.82 Å². The lowest BCUT2D eigenvalue weighted by molar-refractivity contribution is -0.193. The number of carboxylic acids is 2. The molecule has 0 saturated carbocycles. The molecule has 2 aromatic carbocycles. The summed E-state index contributed by atoms with van der Waals surface area (Å²) >= 11 is 0. The lowest BCUT2D eigenvalue weighted by Crippen LogP contribution is -2.21. The summed E-state index contributed by atoms with van der Waals surface area (Å²) in [4.78, 5) is 30.1. The molecule has 0 atom stereocenters. The molecule has 0 amide bonds. The van der Waals surface area contributed by atoms with Gasteiger partial charge in [-0.25, -0.2) is 23.0 Å². The maximum absolute atomic E-state index is 11.6. The summed E-state index contributed by atoms with van der Waals surface area (Å²) in [7, 11) is -3.36. The van der Waals surface area contributed by atoms with E-state index >= 15 is 0 Å². The average molecular weight is 619 g/mol. The summed E-state index contributed by atoms with van der Waals surface area (Å²) in [6, 6.07) is 20.9. The second kappa shape index (κ2) is 13.6. The van der Waals surface area contributed by atoms with Gasteiger partial charge in [-0.15, -0.1) is 0 Å². The van der Waals surface area contributed by atoms with E-state index in [-0.39, 0.29) is 0 Å². The maximum atomic E-state index is 11.6. The molecule has 0 fully saturated rings. The molecule has 10 nitrogen and oxygen atoms in total. The molecule has 2 aromatic heterocycles. The van der Waals surface area contributed by atoms with Crippen molar-refractivity contribution in [2.75, 3.05) is 11.0 Å². The van der Waals surface area contributed by atoms with E-state index < -0.39 is 34.3 Å². The second-order valence-corrected chi connectivity index (χ2v) is 9.72. The van der Waals surface area contributed by atoms with E-state index in [1.54, 1.807) is 30.6 Å². The van der Waals surface area contributed by atoms with Gasteiger partial charge in [0.25, 0.3) is 0 Å². The molecule has 4 aromatic rings. The number of nitrogens with zero attached hydrogens (tertiary/aromatic N) is 2. The van der Waals surface area contributed by atoms with Gasteiger partial charge in [-0.3, -0.25) is 9.71 Å². The second-order valence-electron chi connectivity index (χ2n) is 7.97. The lowest BCUT2D eigenvalue weighted by Gasteiger charge is -2.07. The number of hydrogen-bond acceptors (Lipinski definition) is 6. The van der Waals surface area contributed by atoms with E-state index in [0.717, 1.165) is 40.2 Å². The minimum Gasteiger partial charge on any atom is -0.475 e. The summed E-state index contributed by atoms with van der Waals surface area (Å²) < 4.78 is 89.2. The fourth-order valence-electron chi connectivity index (χ4n) is 2.99. The molecule has 0 bridgehead atoms. The van der Waals surface area contributed by atoms with Gasteiger partial charge in [0.05, 0.1) is 17.6 Å². The van der Waals surface area contributed by atoms with Gasteiger partial charge in [0.2, 0.25) is 10.0 Å². The molecule has 0 aliphatic heterocycles. The number of aromatic amines is 1. The molecule has 0 saturated heterocycles. The van der Waals surface area contributed by atoms with Crippen LogP contribution >= 0.6 is 0 Å². The predicted molar refractivity (Wildman–Crippen MR) is 139 cm³/mol. The van der Waals surface area contributed by atoms with Crippen molar-refractivity contribution in [3.8, 4) is 33.9 Å². The topological polar surface area (TPSA) is 162 Å². The predicted octanol–water partition coefficient (Wildman–Crippen LogP) is 5.44. The van der Waals surface area contributed by atoms with Crippen LogP contribution in [0.5, 0.6) is 0 Å². The van der Waals surface area contributed by atoms with E-state index in [1.165, 1.54) is 0 Å². The Hall–Kier alpha value is -4.93. The number of hydrogen-bond donors (Lipinski definition) is 4. The number of halogens is 6. The Bertz CT molecular complexity index is 1590. The normalized spacial score (nSPS) is 11.3. The summed E-state index contributed by atoms with van der Waals surface area (Å²) in [5.41, 5.74) is 4.79. The molecule has 4 rings (SSSR count). The first-order chi connectivity index (χ1) is 19.4. The molecule has 4 N–H and O–H groups in total. The lowest BCUT2D eigenvalue weighted by atomic mass is 10.1. The average Bonchev–Trinajstić information content (AvgIpc) is 3.34. The number of anilines is 1. The van der Waals surface area contributed by atoms with Crippen molar-refractivity contribution >= 4 is 27.6 Å². The van der Waals surface area contributed by atoms with Crippen molar-refractivity contribution in [2.45, 2.75) is 12.4 Å². The molecule has 0 spiro atoms. The summed E-state index contributed by atoms with van der Waals surface area (Å²) in [6.45, 7) is 0. The van der Waals surface area contributed by atoms with E-state index in [4.69, 9.17) is 24.8 Å². The van der Waals surface area contributed by atoms with Crippen molar-refractivity contribution in [1.82, 2.24) is 15.0 Å². The molecular weight excluding hydrogens is 598 g/mol. The number of alkyl halides is 6. The molecule has 0 radical (unpaired) electrons. The Balaban J connectivity index is 0.000000367. The highest BCUT2D eigenvalue weighted by molar-refractivity contribution is 7.92. The van der Waals surface area contributed by atoms with Crippen LogP contribution in [0.2, 0.25) is 0 Å². The molecule has 0 aliphatic rings. The Morgan fingerprint density at radius 2 is 1.29 bits per heavy atom. The van der Waals surface area contributed by atoms with Crippen LogP contribution < -0.4 is 4.72 Å². The van der Waals surface area contributed by atoms with Crippen molar-refractivity contribution in [3.63, 3.8) is 0 Å². The number of carboxylic acid groups (broad SMARTS) is 2. The van der Waals surface area contributed by atoms with Crippen LogP contribution in [0, 0.1) is 0 Å². The van der Waals surface area contributed by atoms with Crippen molar-refractivity contribution in [1.29, 1.82) is 0 Å². The highest BCUT2D eigenvalue weighted by Gasteiger charge is 2.38. The first-order valence-corrected chi connectivity index (χ1v) is 13.0. The number of H-pyrrole nitrogens is 1. The van der Waals surface area contributed by atoms with E-state index in [2.05, 4.69) is 14.7 Å². The van der Waals surface area contributed by atoms with Crippen LogP contribution in [0.1, 0.15) is 0 Å². The largest absolute Gasteiger partial charge is 0.490 e. The molecule has 0 unspecified atom stereocenters. The van der Waals surface area contributed by atoms with Gasteiger partial charge in [-0.1, -0.05) is 42.5 Å². The summed E-state index contributed by atoms with van der Waals surface area (Å²) in [6.07, 6.45) is -5.59. The first-order valence-electron chi connectivity index (χ1n) is 11.1. The van der Waals surface area contributed by atoms with Crippen LogP contribution in [-0.4, -0.2) is 64.1 Å². The van der Waals surface area contributed by atoms with Gasteiger partial charge in [0, 0.05) is 34.8 Å². The fourth-order valence-corrected chi connectivity index (χ4v) is 3.54. The Kier molecular flexibility index (Phi) is 10.8. The smallest absolute Gasteiger partial charge is 0.475 e. The molecule has 224 valence electrons. The third-order valence-corrected chi connectivity index (χ3v) is 5.25. The maximum Gasteiger partial charge on any atom is 0.490 e. The highest BCUT2D eigenvalue weighted by atomic mass is 32.2. The van der Waals surface area contributed by atoms with E-state index in [0.29, 0.717) is 5.69 Å². The number of aliphatic carboxylic acids is 2. The van der Waals surface area contributed by atoms with Gasteiger partial charge in [-0.05, 0) is 24.3 Å². The minimum absolute atomic E-state index is 0.491. The zero-order valence-corrected chi connectivity index (χ0v) is 21.9. The number of sulfonamides is 1. The number of pyridine rings is 1. The highest BCUT2D eigenvalue weighted by Crippen LogP contribution is 2.33.